The van der Waals surface area contributed by atoms with E-state index in [9.17, 15) is 18.0 Å². The third-order valence-corrected chi connectivity index (χ3v) is 5.16. The summed E-state index contributed by atoms with van der Waals surface area (Å²) >= 11 is 0. The van der Waals surface area contributed by atoms with E-state index in [0.717, 1.165) is 15.9 Å². The van der Waals surface area contributed by atoms with E-state index in [1.807, 2.05) is 6.92 Å². The van der Waals surface area contributed by atoms with Gasteiger partial charge in [-0.1, -0.05) is 0 Å². The van der Waals surface area contributed by atoms with Crippen molar-refractivity contribution in [3.05, 3.63) is 53.4 Å². The van der Waals surface area contributed by atoms with E-state index >= 15 is 0 Å². The Labute approximate surface area is 170 Å². The first-order valence-corrected chi connectivity index (χ1v) is 9.34. The number of carbonyl (C=O) groups is 1. The van der Waals surface area contributed by atoms with E-state index in [1.165, 1.54) is 17.2 Å². The van der Waals surface area contributed by atoms with Crippen LogP contribution in [0, 0.1) is 6.92 Å². The molecule has 0 radical (unpaired) electrons. The molecule has 0 bridgehead atoms. The minimum atomic E-state index is -4.52. The molecule has 1 aliphatic rings. The molecular formula is C19H21F3N6O2. The maximum Gasteiger partial charge on any atom is 0.410 e. The molecule has 0 aliphatic carbocycles. The van der Waals surface area contributed by atoms with Crippen LogP contribution in [-0.2, 0) is 13.6 Å². The van der Waals surface area contributed by atoms with Gasteiger partial charge < -0.3 is 14.6 Å². The molecule has 8 nitrogen and oxygen atoms in total. The van der Waals surface area contributed by atoms with Crippen LogP contribution in [0.3, 0.4) is 0 Å². The van der Waals surface area contributed by atoms with E-state index in [1.54, 1.807) is 37.1 Å². The first-order valence-electron chi connectivity index (χ1n) is 9.34. The zero-order valence-corrected chi connectivity index (χ0v) is 16.6. The van der Waals surface area contributed by atoms with Crippen molar-refractivity contribution in [2.24, 2.45) is 7.05 Å². The summed E-state index contributed by atoms with van der Waals surface area (Å²) in [5, 5.41) is 11.2. The molecule has 0 saturated heterocycles. The summed E-state index contributed by atoms with van der Waals surface area (Å²) in [7, 11) is 3.35. The zero-order valence-electron chi connectivity index (χ0n) is 16.6. The molecule has 3 aromatic heterocycles. The molecule has 1 N–H and O–H groups in total. The minimum Gasteiger partial charge on any atom is -0.467 e. The molecule has 0 spiro atoms. The van der Waals surface area contributed by atoms with Crippen molar-refractivity contribution in [3.63, 3.8) is 0 Å². The first-order chi connectivity index (χ1) is 14.1. The number of fused-ring (bicyclic) bond motifs is 1. The van der Waals surface area contributed by atoms with Crippen molar-refractivity contribution in [1.29, 1.82) is 0 Å². The van der Waals surface area contributed by atoms with Crippen LogP contribution < -0.4 is 5.32 Å². The van der Waals surface area contributed by atoms with Crippen LogP contribution >= 0.6 is 0 Å². The number of rotatable bonds is 4. The fraction of sp³-hybridized carbons (Fsp3) is 0.421. The molecule has 11 heteroatoms. The van der Waals surface area contributed by atoms with E-state index in [0.29, 0.717) is 5.76 Å². The van der Waals surface area contributed by atoms with Gasteiger partial charge in [-0.3, -0.25) is 9.48 Å². The number of furan rings is 1. The lowest BCUT2D eigenvalue weighted by molar-refractivity contribution is -0.174. The van der Waals surface area contributed by atoms with Gasteiger partial charge in [0.2, 0.25) is 0 Å². The average Bonchev–Trinajstić information content (AvgIpc) is 3.39. The highest BCUT2D eigenvalue weighted by Crippen LogP contribution is 2.43. The second kappa shape index (κ2) is 7.22. The van der Waals surface area contributed by atoms with Crippen LogP contribution in [0.15, 0.2) is 35.1 Å². The second-order valence-electron chi connectivity index (χ2n) is 7.44. The highest BCUT2D eigenvalue weighted by Gasteiger charge is 2.47. The van der Waals surface area contributed by atoms with E-state index in [4.69, 9.17) is 4.42 Å². The number of nitrogens with zero attached hydrogens (tertiary/aromatic N) is 5. The number of nitrogens with one attached hydrogen (secondary N) is 1. The summed E-state index contributed by atoms with van der Waals surface area (Å²) in [5.41, 5.74) is 1.57. The Hall–Kier alpha value is -3.24. The van der Waals surface area contributed by atoms with Crippen molar-refractivity contribution >= 4 is 11.7 Å². The third kappa shape index (κ3) is 3.66. The van der Waals surface area contributed by atoms with Crippen LogP contribution in [0.1, 0.15) is 46.0 Å². The number of alkyl halides is 3. The summed E-state index contributed by atoms with van der Waals surface area (Å²) in [6.45, 7) is 2.10. The first kappa shape index (κ1) is 20.0. The molecule has 0 fully saturated rings. The van der Waals surface area contributed by atoms with Gasteiger partial charge in [-0.15, -0.1) is 0 Å². The summed E-state index contributed by atoms with van der Waals surface area (Å²) in [6, 6.07) is 2.05. The van der Waals surface area contributed by atoms with Crippen molar-refractivity contribution < 1.29 is 22.4 Å². The molecule has 1 amide bonds. The Bertz CT molecular complexity index is 1050. The van der Waals surface area contributed by atoms with Crippen molar-refractivity contribution in [2.45, 2.75) is 38.1 Å². The summed E-state index contributed by atoms with van der Waals surface area (Å²) in [4.78, 5) is 14.3. The molecule has 2 unspecified atom stereocenters. The van der Waals surface area contributed by atoms with Crippen LogP contribution in [0.25, 0.3) is 0 Å². The van der Waals surface area contributed by atoms with Gasteiger partial charge in [0, 0.05) is 44.9 Å². The van der Waals surface area contributed by atoms with E-state index < -0.39 is 24.2 Å². The standard InChI is InChI=1S/C19H21F3N6O2/c1-11-12(10-27(3)24-11)9-26(2)18(29)14-8-17-23-13(15-5-4-6-30-15)7-16(19(20,21)22)28(17)25-14/h4-6,8,10,13,16,23H,7,9H2,1-3H3. The third-order valence-electron chi connectivity index (χ3n) is 5.16. The number of amides is 1. The topological polar surface area (TPSA) is 81.1 Å². The molecule has 4 rings (SSSR count). The smallest absolute Gasteiger partial charge is 0.410 e. The van der Waals surface area contributed by atoms with Crippen molar-refractivity contribution in [1.82, 2.24) is 24.5 Å². The lowest BCUT2D eigenvalue weighted by Gasteiger charge is -2.32. The van der Waals surface area contributed by atoms with Crippen molar-refractivity contribution in [2.75, 3.05) is 12.4 Å². The number of hydrogen-bond acceptors (Lipinski definition) is 5. The molecule has 3 aromatic rings. The minimum absolute atomic E-state index is 0.0594. The van der Waals surface area contributed by atoms with E-state index in [-0.39, 0.29) is 24.5 Å². The highest BCUT2D eigenvalue weighted by atomic mass is 19.4. The predicted molar refractivity (Wildman–Crippen MR) is 101 cm³/mol. The number of aromatic nitrogens is 4. The van der Waals surface area contributed by atoms with Gasteiger partial charge in [-0.2, -0.15) is 23.4 Å². The van der Waals surface area contributed by atoms with Gasteiger partial charge in [-0.05, 0) is 19.1 Å². The predicted octanol–water partition coefficient (Wildman–Crippen LogP) is 3.45. The van der Waals surface area contributed by atoms with Crippen LogP contribution in [0.2, 0.25) is 0 Å². The molecule has 30 heavy (non-hydrogen) atoms. The fourth-order valence-electron chi connectivity index (χ4n) is 3.68. The number of anilines is 1. The Morgan fingerprint density at radius 1 is 1.40 bits per heavy atom. The van der Waals surface area contributed by atoms with Gasteiger partial charge in [0.05, 0.1) is 18.0 Å². The number of aryl methyl sites for hydroxylation is 2. The molecular weight excluding hydrogens is 401 g/mol. The Morgan fingerprint density at radius 2 is 2.17 bits per heavy atom. The monoisotopic (exact) mass is 422 g/mol. The van der Waals surface area contributed by atoms with Crippen LogP contribution in [-0.4, -0.2) is 43.6 Å². The molecule has 160 valence electrons. The highest BCUT2D eigenvalue weighted by molar-refractivity contribution is 5.93. The van der Waals surface area contributed by atoms with Gasteiger partial charge in [0.15, 0.2) is 11.7 Å². The Morgan fingerprint density at radius 3 is 2.77 bits per heavy atom. The lowest BCUT2D eigenvalue weighted by atomic mass is 10.0. The summed E-state index contributed by atoms with van der Waals surface area (Å²) < 4.78 is 48.9. The lowest BCUT2D eigenvalue weighted by Crippen LogP contribution is -2.35. The maximum absolute atomic E-state index is 13.7. The van der Waals surface area contributed by atoms with Gasteiger partial charge in [0.1, 0.15) is 11.6 Å². The molecule has 2 atom stereocenters. The van der Waals surface area contributed by atoms with Gasteiger partial charge in [-0.25, -0.2) is 4.68 Å². The number of carbonyl (C=O) groups excluding carboxylic acids is 1. The molecule has 4 heterocycles. The fourth-order valence-corrected chi connectivity index (χ4v) is 3.68. The van der Waals surface area contributed by atoms with Crippen LogP contribution in [0.4, 0.5) is 19.0 Å². The SMILES string of the molecule is Cc1nn(C)cc1CN(C)C(=O)c1cc2n(n1)C(C(F)(F)F)CC(c1ccco1)N2. The van der Waals surface area contributed by atoms with E-state index in [2.05, 4.69) is 15.5 Å². The molecule has 0 saturated carbocycles. The van der Waals surface area contributed by atoms with Crippen molar-refractivity contribution in [3.8, 4) is 0 Å². The molecule has 1 aliphatic heterocycles. The van der Waals surface area contributed by atoms with Gasteiger partial charge in [0.25, 0.3) is 5.91 Å². The number of halogens is 3. The summed E-state index contributed by atoms with van der Waals surface area (Å²) in [5.74, 6) is 0.0467. The van der Waals surface area contributed by atoms with Crippen LogP contribution in [0.5, 0.6) is 0 Å². The normalized spacial score (nSPS) is 18.7. The maximum atomic E-state index is 13.7. The summed E-state index contributed by atoms with van der Waals surface area (Å²) in [6.07, 6.45) is -1.60. The largest absolute Gasteiger partial charge is 0.467 e. The number of hydrogen-bond donors (Lipinski definition) is 1. The Balaban J connectivity index is 1.61. The molecule has 0 aromatic carbocycles. The van der Waals surface area contributed by atoms with Gasteiger partial charge >= 0.3 is 6.18 Å². The Kier molecular flexibility index (Phi) is 4.83. The average molecular weight is 422 g/mol. The zero-order chi connectivity index (χ0) is 21.6. The quantitative estimate of drug-likeness (QED) is 0.697. The second-order valence-corrected chi connectivity index (χ2v) is 7.44.